The predicted molar refractivity (Wildman–Crippen MR) is 91.0 cm³/mol. The molecule has 0 unspecified atom stereocenters. The number of aliphatic hydroxyl groups is 1. The molecule has 3 heterocycles. The Morgan fingerprint density at radius 3 is 2.60 bits per heavy atom. The molecular weight excluding hydrogens is 324 g/mol. The molecule has 8 heteroatoms. The lowest BCUT2D eigenvalue weighted by Crippen LogP contribution is -2.47. The van der Waals surface area contributed by atoms with Gasteiger partial charge in [0.25, 0.3) is 0 Å². The van der Waals surface area contributed by atoms with E-state index in [0.29, 0.717) is 18.8 Å². The Bertz CT molecular complexity index is 693. The Kier molecular flexibility index (Phi) is 4.26. The van der Waals surface area contributed by atoms with Gasteiger partial charge in [0, 0.05) is 0 Å². The van der Waals surface area contributed by atoms with Crippen LogP contribution in [0.4, 0.5) is 10.5 Å². The summed E-state index contributed by atoms with van der Waals surface area (Å²) in [7, 11) is 0. The largest absolute Gasteiger partial charge is 0.444 e. The molecule has 0 radical (unpaired) electrons. The number of hydrogen-bond donors (Lipinski definition) is 1. The normalized spacial score (nSPS) is 26.8. The minimum Gasteiger partial charge on any atom is -0.444 e. The molecule has 0 aromatic carbocycles. The van der Waals surface area contributed by atoms with E-state index in [1.54, 1.807) is 16.0 Å². The van der Waals surface area contributed by atoms with Crippen LogP contribution in [-0.4, -0.2) is 55.6 Å². The van der Waals surface area contributed by atoms with Crippen LogP contribution in [0, 0.1) is 0 Å². The van der Waals surface area contributed by atoms with E-state index in [9.17, 15) is 14.7 Å². The number of carbonyl (C=O) groups excluding carboxylic acids is 2. The standard InChI is InChI=1S/C17H26N4O4/c1-10-8-20-13(9-19(10)16(24)25-17(3,4)5)12(7-18-20)21-11(2)14(22)6-15(21)23/h7,10-11,14,22H,6,8-9H2,1-5H3/t10-,11-,14-/m0/s1. The second kappa shape index (κ2) is 6.01. The highest BCUT2D eigenvalue weighted by Gasteiger charge is 2.40. The van der Waals surface area contributed by atoms with E-state index in [1.165, 1.54) is 0 Å². The van der Waals surface area contributed by atoms with E-state index >= 15 is 0 Å². The molecule has 1 fully saturated rings. The molecule has 2 aliphatic heterocycles. The molecule has 0 spiro atoms. The number of aromatic nitrogens is 2. The molecule has 0 saturated carbocycles. The average Bonchev–Trinajstić information content (AvgIpc) is 2.97. The summed E-state index contributed by atoms with van der Waals surface area (Å²) >= 11 is 0. The molecule has 3 atom stereocenters. The van der Waals surface area contributed by atoms with Gasteiger partial charge >= 0.3 is 6.09 Å². The van der Waals surface area contributed by atoms with Crippen molar-refractivity contribution < 1.29 is 19.4 Å². The number of anilines is 1. The third kappa shape index (κ3) is 3.22. The quantitative estimate of drug-likeness (QED) is 0.829. The predicted octanol–water partition coefficient (Wildman–Crippen LogP) is 1.51. The van der Waals surface area contributed by atoms with Crippen molar-refractivity contribution in [1.82, 2.24) is 14.7 Å². The van der Waals surface area contributed by atoms with Gasteiger partial charge in [-0.1, -0.05) is 0 Å². The van der Waals surface area contributed by atoms with Crippen molar-refractivity contribution >= 4 is 17.7 Å². The van der Waals surface area contributed by atoms with Crippen molar-refractivity contribution in [3.8, 4) is 0 Å². The summed E-state index contributed by atoms with van der Waals surface area (Å²) in [5.74, 6) is -0.127. The van der Waals surface area contributed by atoms with Gasteiger partial charge in [0.2, 0.25) is 5.91 Å². The number of hydrogen-bond acceptors (Lipinski definition) is 5. The fraction of sp³-hybridized carbons (Fsp3) is 0.706. The first-order valence-corrected chi connectivity index (χ1v) is 8.63. The highest BCUT2D eigenvalue weighted by Crippen LogP contribution is 2.33. The number of rotatable bonds is 1. The Morgan fingerprint density at radius 2 is 2.04 bits per heavy atom. The van der Waals surface area contributed by atoms with Gasteiger partial charge in [0.15, 0.2) is 0 Å². The van der Waals surface area contributed by atoms with Crippen LogP contribution < -0.4 is 4.90 Å². The van der Waals surface area contributed by atoms with Crippen molar-refractivity contribution in [2.75, 3.05) is 4.90 Å². The van der Waals surface area contributed by atoms with E-state index < -0.39 is 11.7 Å². The van der Waals surface area contributed by atoms with Crippen molar-refractivity contribution in [1.29, 1.82) is 0 Å². The summed E-state index contributed by atoms with van der Waals surface area (Å²) < 4.78 is 7.33. The summed E-state index contributed by atoms with van der Waals surface area (Å²) in [5, 5.41) is 14.4. The van der Waals surface area contributed by atoms with Crippen LogP contribution in [0.2, 0.25) is 0 Å². The Balaban J connectivity index is 1.88. The van der Waals surface area contributed by atoms with Gasteiger partial charge in [-0.3, -0.25) is 14.4 Å². The van der Waals surface area contributed by atoms with Crippen LogP contribution in [0.1, 0.15) is 46.7 Å². The zero-order chi connectivity index (χ0) is 18.5. The van der Waals surface area contributed by atoms with Crippen LogP contribution in [0.25, 0.3) is 0 Å². The number of fused-ring (bicyclic) bond motifs is 1. The average molecular weight is 350 g/mol. The Labute approximate surface area is 147 Å². The summed E-state index contributed by atoms with van der Waals surface area (Å²) in [4.78, 5) is 28.0. The van der Waals surface area contributed by atoms with Crippen molar-refractivity contribution in [3.05, 3.63) is 11.9 Å². The first-order valence-electron chi connectivity index (χ1n) is 8.63. The lowest BCUT2D eigenvalue weighted by molar-refractivity contribution is -0.117. The van der Waals surface area contributed by atoms with Crippen LogP contribution in [0.3, 0.4) is 0 Å². The van der Waals surface area contributed by atoms with Crippen molar-refractivity contribution in [3.63, 3.8) is 0 Å². The maximum Gasteiger partial charge on any atom is 0.410 e. The lowest BCUT2D eigenvalue weighted by atomic mass is 10.1. The van der Waals surface area contributed by atoms with E-state index in [0.717, 1.165) is 5.69 Å². The monoisotopic (exact) mass is 350 g/mol. The topological polar surface area (TPSA) is 87.9 Å². The summed E-state index contributed by atoms with van der Waals surface area (Å²) in [5.41, 5.74) is 0.883. The molecule has 1 N–H and O–H groups in total. The number of carbonyl (C=O) groups is 2. The Hall–Kier alpha value is -2.09. The third-order valence-corrected chi connectivity index (χ3v) is 4.72. The van der Waals surface area contributed by atoms with E-state index in [4.69, 9.17) is 4.74 Å². The van der Waals surface area contributed by atoms with Crippen LogP contribution >= 0.6 is 0 Å². The fourth-order valence-electron chi connectivity index (χ4n) is 3.35. The summed E-state index contributed by atoms with van der Waals surface area (Å²) in [6.45, 7) is 10.1. The lowest BCUT2D eigenvalue weighted by Gasteiger charge is -2.36. The molecule has 8 nitrogen and oxygen atoms in total. The summed E-state index contributed by atoms with van der Waals surface area (Å²) in [6.07, 6.45) is 0.692. The van der Waals surface area contributed by atoms with E-state index in [-0.39, 0.29) is 30.5 Å². The van der Waals surface area contributed by atoms with Crippen molar-refractivity contribution in [2.24, 2.45) is 0 Å². The fourth-order valence-corrected chi connectivity index (χ4v) is 3.35. The third-order valence-electron chi connectivity index (χ3n) is 4.72. The second-order valence-electron chi connectivity index (χ2n) is 7.89. The summed E-state index contributed by atoms with van der Waals surface area (Å²) in [6, 6.07) is -0.372. The Morgan fingerprint density at radius 1 is 1.36 bits per heavy atom. The van der Waals surface area contributed by atoms with Crippen LogP contribution in [0.15, 0.2) is 6.20 Å². The number of amides is 2. The highest BCUT2D eigenvalue weighted by atomic mass is 16.6. The molecule has 3 rings (SSSR count). The second-order valence-corrected chi connectivity index (χ2v) is 7.89. The smallest absolute Gasteiger partial charge is 0.410 e. The van der Waals surface area contributed by atoms with Crippen LogP contribution in [-0.2, 0) is 22.6 Å². The SMILES string of the molecule is C[C@H]1Cn2ncc(N3C(=O)C[C@H](O)[C@@H]3C)c2CN1C(=O)OC(C)(C)C. The van der Waals surface area contributed by atoms with Crippen molar-refractivity contribution in [2.45, 2.75) is 77.9 Å². The zero-order valence-electron chi connectivity index (χ0n) is 15.4. The molecular formula is C17H26N4O4. The molecule has 25 heavy (non-hydrogen) atoms. The highest BCUT2D eigenvalue weighted by molar-refractivity contribution is 5.97. The zero-order valence-corrected chi connectivity index (χ0v) is 15.4. The van der Waals surface area contributed by atoms with Gasteiger partial charge in [-0.05, 0) is 34.6 Å². The van der Waals surface area contributed by atoms with E-state index in [1.807, 2.05) is 39.3 Å². The van der Waals surface area contributed by atoms with E-state index in [2.05, 4.69) is 5.10 Å². The van der Waals surface area contributed by atoms with Gasteiger partial charge in [-0.2, -0.15) is 5.10 Å². The van der Waals surface area contributed by atoms with Gasteiger partial charge in [0.05, 0.1) is 55.3 Å². The maximum absolute atomic E-state index is 12.5. The molecule has 1 aromatic rings. The first-order chi connectivity index (χ1) is 11.6. The molecule has 0 aliphatic carbocycles. The van der Waals surface area contributed by atoms with Gasteiger partial charge in [-0.25, -0.2) is 4.79 Å². The minimum atomic E-state index is -0.687. The van der Waals surface area contributed by atoms with Gasteiger partial charge < -0.3 is 14.7 Å². The molecule has 1 aromatic heterocycles. The molecule has 0 bridgehead atoms. The molecule has 138 valence electrons. The molecule has 2 aliphatic rings. The first kappa shape index (κ1) is 17.7. The maximum atomic E-state index is 12.5. The van der Waals surface area contributed by atoms with Gasteiger partial charge in [-0.15, -0.1) is 0 Å². The molecule has 2 amide bonds. The number of ether oxygens (including phenoxy) is 1. The van der Waals surface area contributed by atoms with Crippen LogP contribution in [0.5, 0.6) is 0 Å². The minimum absolute atomic E-state index is 0.0626. The van der Waals surface area contributed by atoms with Gasteiger partial charge in [0.1, 0.15) is 5.60 Å². The number of aliphatic hydroxyl groups excluding tert-OH is 1. The number of nitrogens with zero attached hydrogens (tertiary/aromatic N) is 4. The molecule has 1 saturated heterocycles.